The van der Waals surface area contributed by atoms with Gasteiger partial charge in [0, 0.05) is 12.5 Å². The van der Waals surface area contributed by atoms with Gasteiger partial charge in [-0.25, -0.2) is 4.79 Å². The zero-order valence-corrected chi connectivity index (χ0v) is 13.3. The van der Waals surface area contributed by atoms with Crippen LogP contribution in [0, 0.1) is 5.92 Å². The summed E-state index contributed by atoms with van der Waals surface area (Å²) >= 11 is 0. The van der Waals surface area contributed by atoms with Gasteiger partial charge in [0.25, 0.3) is 0 Å². The molecule has 2 rings (SSSR count). The number of benzene rings is 1. The fourth-order valence-corrected chi connectivity index (χ4v) is 3.05. The highest BCUT2D eigenvalue weighted by molar-refractivity contribution is 5.85. The first-order chi connectivity index (χ1) is 11.2. The van der Waals surface area contributed by atoms with Gasteiger partial charge in [-0.15, -0.1) is 0 Å². The van der Waals surface area contributed by atoms with Crippen LogP contribution in [0.5, 0.6) is 0 Å². The number of halogens is 3. The minimum atomic E-state index is -4.43. The molecule has 1 fully saturated rings. The summed E-state index contributed by atoms with van der Waals surface area (Å²) in [6.45, 7) is 2.00. The van der Waals surface area contributed by atoms with Crippen LogP contribution in [0.25, 0.3) is 0 Å². The van der Waals surface area contributed by atoms with Crippen molar-refractivity contribution >= 4 is 11.9 Å². The molecule has 1 saturated heterocycles. The molecule has 4 nitrogen and oxygen atoms in total. The Morgan fingerprint density at radius 3 is 2.67 bits per heavy atom. The third-order valence-corrected chi connectivity index (χ3v) is 4.29. The molecule has 0 aromatic heterocycles. The first kappa shape index (κ1) is 18.3. The summed E-state index contributed by atoms with van der Waals surface area (Å²) in [7, 11) is 0. The number of aliphatic carboxylic acids is 1. The van der Waals surface area contributed by atoms with Gasteiger partial charge in [-0.05, 0) is 37.3 Å². The fraction of sp³-hybridized carbons (Fsp3) is 0.529. The maximum atomic E-state index is 12.8. The molecular weight excluding hydrogens is 323 g/mol. The minimum absolute atomic E-state index is 0.144. The Balaban J connectivity index is 2.10. The van der Waals surface area contributed by atoms with Gasteiger partial charge >= 0.3 is 12.1 Å². The first-order valence-corrected chi connectivity index (χ1v) is 7.89. The standard InChI is InChI=1S/C17H20F3NO3/c1-11(9-12-5-4-6-13(10-12)17(18,19)20)15(22)21-8-3-2-7-14(21)16(23)24/h4-6,10-11,14H,2-3,7-9H2,1H3,(H,23,24). The molecular formula is C17H20F3NO3. The number of hydrogen-bond acceptors (Lipinski definition) is 2. The van der Waals surface area contributed by atoms with E-state index in [9.17, 15) is 27.9 Å². The van der Waals surface area contributed by atoms with Crippen LogP contribution in [-0.2, 0) is 22.2 Å². The predicted octanol–water partition coefficient (Wildman–Crippen LogP) is 3.35. The summed E-state index contributed by atoms with van der Waals surface area (Å²) in [5.41, 5.74) is -0.337. The number of likely N-dealkylation sites (tertiary alicyclic amines) is 1. The number of rotatable bonds is 4. The summed E-state index contributed by atoms with van der Waals surface area (Å²) in [6.07, 6.45) is -2.37. The maximum absolute atomic E-state index is 12.8. The molecule has 0 saturated carbocycles. The highest BCUT2D eigenvalue weighted by atomic mass is 19.4. The van der Waals surface area contributed by atoms with Crippen molar-refractivity contribution in [3.8, 4) is 0 Å². The molecule has 1 aliphatic heterocycles. The Bertz CT molecular complexity index is 615. The maximum Gasteiger partial charge on any atom is 0.416 e. The molecule has 1 aromatic rings. The van der Waals surface area contributed by atoms with E-state index < -0.39 is 29.7 Å². The number of piperidine rings is 1. The number of carbonyl (C=O) groups excluding carboxylic acids is 1. The lowest BCUT2D eigenvalue weighted by molar-refractivity contribution is -0.153. The molecule has 1 heterocycles. The van der Waals surface area contributed by atoms with E-state index in [1.807, 2.05) is 0 Å². The zero-order valence-electron chi connectivity index (χ0n) is 13.3. The molecule has 1 N–H and O–H groups in total. The number of hydrogen-bond donors (Lipinski definition) is 1. The van der Waals surface area contributed by atoms with Crippen molar-refractivity contribution in [3.05, 3.63) is 35.4 Å². The predicted molar refractivity (Wildman–Crippen MR) is 81.3 cm³/mol. The van der Waals surface area contributed by atoms with Crippen molar-refractivity contribution in [3.63, 3.8) is 0 Å². The summed E-state index contributed by atoms with van der Waals surface area (Å²) in [6, 6.07) is 4.05. The van der Waals surface area contributed by atoms with E-state index in [1.54, 1.807) is 13.0 Å². The van der Waals surface area contributed by atoms with Gasteiger partial charge in [-0.1, -0.05) is 25.1 Å². The van der Waals surface area contributed by atoms with Crippen LogP contribution in [0.15, 0.2) is 24.3 Å². The van der Waals surface area contributed by atoms with E-state index in [0.29, 0.717) is 18.5 Å². The third-order valence-electron chi connectivity index (χ3n) is 4.29. The molecule has 0 radical (unpaired) electrons. The first-order valence-electron chi connectivity index (χ1n) is 7.89. The van der Waals surface area contributed by atoms with Crippen molar-refractivity contribution in [1.82, 2.24) is 4.90 Å². The molecule has 1 aliphatic rings. The van der Waals surface area contributed by atoms with Crippen molar-refractivity contribution in [2.45, 2.75) is 44.8 Å². The van der Waals surface area contributed by atoms with E-state index in [1.165, 1.54) is 11.0 Å². The molecule has 2 unspecified atom stereocenters. The normalized spacial score (nSPS) is 19.8. The summed E-state index contributed by atoms with van der Waals surface area (Å²) in [5, 5.41) is 9.24. The molecule has 0 spiro atoms. The van der Waals surface area contributed by atoms with Crippen LogP contribution in [0.1, 0.15) is 37.3 Å². The van der Waals surface area contributed by atoms with Gasteiger partial charge in [0.05, 0.1) is 5.56 Å². The highest BCUT2D eigenvalue weighted by Crippen LogP contribution is 2.30. The lowest BCUT2D eigenvalue weighted by Gasteiger charge is -2.34. The molecule has 0 bridgehead atoms. The van der Waals surface area contributed by atoms with E-state index in [2.05, 4.69) is 0 Å². The molecule has 1 aromatic carbocycles. The fourth-order valence-electron chi connectivity index (χ4n) is 3.05. The van der Waals surface area contributed by atoms with E-state index >= 15 is 0 Å². The number of alkyl halides is 3. The molecule has 24 heavy (non-hydrogen) atoms. The van der Waals surface area contributed by atoms with E-state index in [4.69, 9.17) is 0 Å². The molecule has 1 amide bonds. The smallest absolute Gasteiger partial charge is 0.416 e. The van der Waals surface area contributed by atoms with Crippen molar-refractivity contribution in [2.75, 3.05) is 6.54 Å². The Kier molecular flexibility index (Phi) is 5.51. The SMILES string of the molecule is CC(Cc1cccc(C(F)(F)F)c1)C(=O)N1CCCCC1C(=O)O. The Hall–Kier alpha value is -2.05. The molecule has 2 atom stereocenters. The average Bonchev–Trinajstić information content (AvgIpc) is 2.53. The topological polar surface area (TPSA) is 57.6 Å². The van der Waals surface area contributed by atoms with E-state index in [0.717, 1.165) is 25.0 Å². The quantitative estimate of drug-likeness (QED) is 0.912. The van der Waals surface area contributed by atoms with Crippen molar-refractivity contribution < 1.29 is 27.9 Å². The van der Waals surface area contributed by atoms with Gasteiger partial charge in [0.1, 0.15) is 6.04 Å². The summed E-state index contributed by atoms with van der Waals surface area (Å²) in [5.74, 6) is -1.93. The van der Waals surface area contributed by atoms with Gasteiger partial charge in [0.2, 0.25) is 5.91 Å². The van der Waals surface area contributed by atoms with Crippen molar-refractivity contribution in [1.29, 1.82) is 0 Å². The monoisotopic (exact) mass is 343 g/mol. The molecule has 7 heteroatoms. The molecule has 0 aliphatic carbocycles. The number of carboxylic acids is 1. The molecule has 132 valence electrons. The van der Waals surface area contributed by atoms with Crippen molar-refractivity contribution in [2.24, 2.45) is 5.92 Å². The highest BCUT2D eigenvalue weighted by Gasteiger charge is 2.34. The van der Waals surface area contributed by atoms with Crippen LogP contribution in [-0.4, -0.2) is 34.5 Å². The number of carbonyl (C=O) groups is 2. The lowest BCUT2D eigenvalue weighted by Crippen LogP contribution is -2.50. The van der Waals surface area contributed by atoms with Gasteiger partial charge in [0.15, 0.2) is 0 Å². The minimum Gasteiger partial charge on any atom is -0.480 e. The summed E-state index contributed by atoms with van der Waals surface area (Å²) in [4.78, 5) is 25.2. The van der Waals surface area contributed by atoms with Gasteiger partial charge in [-0.3, -0.25) is 4.79 Å². The van der Waals surface area contributed by atoms with Crippen LogP contribution in [0.4, 0.5) is 13.2 Å². The number of carboxylic acid groups (broad SMARTS) is 1. The number of nitrogens with zero attached hydrogens (tertiary/aromatic N) is 1. The average molecular weight is 343 g/mol. The van der Waals surface area contributed by atoms with Crippen LogP contribution < -0.4 is 0 Å². The second-order valence-corrected chi connectivity index (χ2v) is 6.18. The Morgan fingerprint density at radius 1 is 1.33 bits per heavy atom. The number of amides is 1. The van der Waals surface area contributed by atoms with Crippen LogP contribution >= 0.6 is 0 Å². The lowest BCUT2D eigenvalue weighted by atomic mass is 9.95. The zero-order chi connectivity index (χ0) is 17.9. The second kappa shape index (κ2) is 7.23. The van der Waals surface area contributed by atoms with Crippen LogP contribution in [0.3, 0.4) is 0 Å². The van der Waals surface area contributed by atoms with Crippen LogP contribution in [0.2, 0.25) is 0 Å². The third kappa shape index (κ3) is 4.27. The second-order valence-electron chi connectivity index (χ2n) is 6.18. The Labute approximate surface area is 138 Å². The van der Waals surface area contributed by atoms with E-state index in [-0.39, 0.29) is 12.3 Å². The summed E-state index contributed by atoms with van der Waals surface area (Å²) < 4.78 is 38.3. The van der Waals surface area contributed by atoms with Gasteiger partial charge < -0.3 is 10.0 Å². The largest absolute Gasteiger partial charge is 0.480 e. The Morgan fingerprint density at radius 2 is 2.04 bits per heavy atom. The van der Waals surface area contributed by atoms with Gasteiger partial charge in [-0.2, -0.15) is 13.2 Å².